The highest BCUT2D eigenvalue weighted by Crippen LogP contribution is 2.28. The molecule has 3 aromatic rings. The van der Waals surface area contributed by atoms with Crippen molar-refractivity contribution < 1.29 is 28.7 Å². The number of hydrogen-bond donors (Lipinski definition) is 3. The van der Waals surface area contributed by atoms with Crippen LogP contribution < -0.4 is 25.9 Å². The lowest BCUT2D eigenvalue weighted by Crippen LogP contribution is -2.32. The molecule has 0 atom stereocenters. The monoisotopic (exact) mass is 460 g/mol. The molecular formula is C24H20N4O6. The summed E-state index contributed by atoms with van der Waals surface area (Å²) in [6.07, 6.45) is 1.29. The van der Waals surface area contributed by atoms with Gasteiger partial charge in [-0.15, -0.1) is 0 Å². The van der Waals surface area contributed by atoms with Crippen LogP contribution in [0.4, 0.5) is 5.69 Å². The largest absolute Gasteiger partial charge is 0.493 e. The smallest absolute Gasteiger partial charge is 0.343 e. The fraction of sp³-hybridized carbons (Fsp3) is 0.0417. The Bertz CT molecular complexity index is 1240. The zero-order valence-corrected chi connectivity index (χ0v) is 18.0. The number of anilines is 1. The molecule has 0 unspecified atom stereocenters. The molecule has 10 heteroatoms. The highest BCUT2D eigenvalue weighted by Gasteiger charge is 2.14. The number of benzene rings is 3. The number of methoxy groups -OCH3 is 1. The fourth-order valence-corrected chi connectivity index (χ4v) is 2.70. The SMILES string of the molecule is COc1cc(/C=N/NC(=O)C(=O)Nc2ccc(C(N)=O)cc2)ccc1OC(=O)c1ccccc1. The van der Waals surface area contributed by atoms with E-state index < -0.39 is 23.7 Å². The second-order valence-corrected chi connectivity index (χ2v) is 6.76. The number of ether oxygens (including phenoxy) is 2. The molecule has 0 aliphatic rings. The van der Waals surface area contributed by atoms with Crippen molar-refractivity contribution in [3.05, 3.63) is 89.5 Å². The van der Waals surface area contributed by atoms with Crippen molar-refractivity contribution in [2.24, 2.45) is 10.8 Å². The van der Waals surface area contributed by atoms with Gasteiger partial charge in [0, 0.05) is 11.3 Å². The molecule has 4 N–H and O–H groups in total. The number of hydrogen-bond acceptors (Lipinski definition) is 7. The van der Waals surface area contributed by atoms with E-state index in [-0.39, 0.29) is 17.1 Å². The van der Waals surface area contributed by atoms with Crippen molar-refractivity contribution in [2.45, 2.75) is 0 Å². The van der Waals surface area contributed by atoms with E-state index in [1.54, 1.807) is 42.5 Å². The minimum Gasteiger partial charge on any atom is -0.493 e. The third-order valence-electron chi connectivity index (χ3n) is 4.41. The first kappa shape index (κ1) is 23.7. The molecule has 0 bridgehead atoms. The molecule has 0 saturated heterocycles. The highest BCUT2D eigenvalue weighted by molar-refractivity contribution is 6.39. The molecule has 0 fully saturated rings. The van der Waals surface area contributed by atoms with E-state index in [1.807, 2.05) is 0 Å². The molecule has 0 spiro atoms. The van der Waals surface area contributed by atoms with Crippen molar-refractivity contribution in [3.63, 3.8) is 0 Å². The number of primary amides is 1. The summed E-state index contributed by atoms with van der Waals surface area (Å²) in [5.41, 5.74) is 8.73. The van der Waals surface area contributed by atoms with E-state index in [1.165, 1.54) is 43.7 Å². The molecule has 3 rings (SSSR count). The van der Waals surface area contributed by atoms with E-state index in [4.69, 9.17) is 15.2 Å². The van der Waals surface area contributed by atoms with Crippen LogP contribution in [0.5, 0.6) is 11.5 Å². The van der Waals surface area contributed by atoms with E-state index in [9.17, 15) is 19.2 Å². The molecule has 3 aromatic carbocycles. The number of rotatable bonds is 7. The Kier molecular flexibility index (Phi) is 7.69. The van der Waals surface area contributed by atoms with Crippen LogP contribution >= 0.6 is 0 Å². The predicted octanol–water partition coefficient (Wildman–Crippen LogP) is 2.10. The summed E-state index contributed by atoms with van der Waals surface area (Å²) in [7, 11) is 1.41. The van der Waals surface area contributed by atoms with Crippen LogP contribution in [0.25, 0.3) is 0 Å². The summed E-state index contributed by atoms with van der Waals surface area (Å²) in [5, 5.41) is 6.11. The molecule has 0 aromatic heterocycles. The van der Waals surface area contributed by atoms with Crippen LogP contribution in [-0.2, 0) is 9.59 Å². The maximum atomic E-state index is 12.2. The van der Waals surface area contributed by atoms with Gasteiger partial charge in [0.05, 0.1) is 18.9 Å². The van der Waals surface area contributed by atoms with Crippen molar-refractivity contribution in [2.75, 3.05) is 12.4 Å². The van der Waals surface area contributed by atoms with E-state index in [0.29, 0.717) is 16.8 Å². The number of nitrogens with two attached hydrogens (primary N) is 1. The van der Waals surface area contributed by atoms with Gasteiger partial charge in [0.25, 0.3) is 0 Å². The Balaban J connectivity index is 1.58. The Morgan fingerprint density at radius 3 is 2.21 bits per heavy atom. The predicted molar refractivity (Wildman–Crippen MR) is 124 cm³/mol. The Morgan fingerprint density at radius 2 is 1.56 bits per heavy atom. The molecule has 0 aliphatic carbocycles. The summed E-state index contributed by atoms with van der Waals surface area (Å²) < 4.78 is 10.6. The van der Waals surface area contributed by atoms with Gasteiger partial charge >= 0.3 is 17.8 Å². The standard InChI is InChI=1S/C24H20N4O6/c1-33-20-13-15(7-12-19(20)34-24(32)17-5-3-2-4-6-17)14-26-28-23(31)22(30)27-18-10-8-16(9-11-18)21(25)29/h2-14H,1H3,(H2,25,29)(H,27,30)(H,28,31)/b26-14+. The van der Waals surface area contributed by atoms with Crippen LogP contribution in [0, 0.1) is 0 Å². The van der Waals surface area contributed by atoms with Gasteiger partial charge in [-0.1, -0.05) is 18.2 Å². The zero-order valence-electron chi connectivity index (χ0n) is 18.0. The molecular weight excluding hydrogens is 440 g/mol. The topological polar surface area (TPSA) is 149 Å². The number of hydrazone groups is 1. The molecule has 10 nitrogen and oxygen atoms in total. The molecule has 0 saturated carbocycles. The lowest BCUT2D eigenvalue weighted by atomic mass is 10.2. The van der Waals surface area contributed by atoms with Gasteiger partial charge in [-0.2, -0.15) is 5.10 Å². The van der Waals surface area contributed by atoms with Crippen LogP contribution in [0.1, 0.15) is 26.3 Å². The lowest BCUT2D eigenvalue weighted by molar-refractivity contribution is -0.136. The summed E-state index contributed by atoms with van der Waals surface area (Å²) >= 11 is 0. The highest BCUT2D eigenvalue weighted by atomic mass is 16.6. The van der Waals surface area contributed by atoms with Gasteiger partial charge in [0.2, 0.25) is 5.91 Å². The summed E-state index contributed by atoms with van der Waals surface area (Å²) in [4.78, 5) is 47.2. The Labute approximate surface area is 194 Å². The van der Waals surface area contributed by atoms with E-state index >= 15 is 0 Å². The quantitative estimate of drug-likeness (QED) is 0.162. The van der Waals surface area contributed by atoms with Crippen LogP contribution in [0.3, 0.4) is 0 Å². The minimum absolute atomic E-state index is 0.208. The number of carbonyl (C=O) groups excluding carboxylic acids is 4. The van der Waals surface area contributed by atoms with Gasteiger partial charge < -0.3 is 20.5 Å². The molecule has 0 heterocycles. The summed E-state index contributed by atoms with van der Waals surface area (Å²) in [6, 6.07) is 18.9. The Hall–Kier alpha value is -4.99. The molecule has 3 amide bonds. The number of esters is 1. The van der Waals surface area contributed by atoms with Gasteiger partial charge in [0.15, 0.2) is 11.5 Å². The first-order chi connectivity index (χ1) is 16.4. The van der Waals surface area contributed by atoms with Gasteiger partial charge in [0.1, 0.15) is 0 Å². The Morgan fingerprint density at radius 1 is 0.853 bits per heavy atom. The maximum Gasteiger partial charge on any atom is 0.343 e. The first-order valence-corrected chi connectivity index (χ1v) is 9.87. The van der Waals surface area contributed by atoms with E-state index in [0.717, 1.165) is 0 Å². The number of nitrogens with zero attached hydrogens (tertiary/aromatic N) is 1. The third kappa shape index (κ3) is 6.26. The summed E-state index contributed by atoms with van der Waals surface area (Å²) in [6.45, 7) is 0. The van der Waals surface area contributed by atoms with Crippen molar-refractivity contribution in [3.8, 4) is 11.5 Å². The number of nitrogens with one attached hydrogen (secondary N) is 2. The van der Waals surface area contributed by atoms with Crippen LogP contribution in [0.15, 0.2) is 77.9 Å². The molecule has 0 radical (unpaired) electrons. The molecule has 0 aliphatic heterocycles. The second-order valence-electron chi connectivity index (χ2n) is 6.76. The van der Waals surface area contributed by atoms with Crippen LogP contribution in [-0.4, -0.2) is 37.0 Å². The third-order valence-corrected chi connectivity index (χ3v) is 4.41. The van der Waals surface area contributed by atoms with Crippen molar-refractivity contribution in [1.82, 2.24) is 5.43 Å². The molecule has 34 heavy (non-hydrogen) atoms. The average Bonchev–Trinajstić information content (AvgIpc) is 2.85. The number of carbonyl (C=O) groups is 4. The fourth-order valence-electron chi connectivity index (χ4n) is 2.70. The molecule has 172 valence electrons. The first-order valence-electron chi connectivity index (χ1n) is 9.87. The second kappa shape index (κ2) is 11.0. The number of amides is 3. The normalized spacial score (nSPS) is 10.4. The van der Waals surface area contributed by atoms with Gasteiger partial charge in [-0.3, -0.25) is 14.4 Å². The minimum atomic E-state index is -1.00. The summed E-state index contributed by atoms with van der Waals surface area (Å²) in [5.74, 6) is -2.62. The average molecular weight is 460 g/mol. The van der Waals surface area contributed by atoms with Gasteiger partial charge in [-0.05, 0) is 60.2 Å². The lowest BCUT2D eigenvalue weighted by Gasteiger charge is -2.10. The van der Waals surface area contributed by atoms with Crippen molar-refractivity contribution >= 4 is 35.6 Å². The maximum absolute atomic E-state index is 12.2. The van der Waals surface area contributed by atoms with E-state index in [2.05, 4.69) is 15.8 Å². The van der Waals surface area contributed by atoms with Crippen molar-refractivity contribution in [1.29, 1.82) is 0 Å². The van der Waals surface area contributed by atoms with Gasteiger partial charge in [-0.25, -0.2) is 10.2 Å². The van der Waals surface area contributed by atoms with Crippen LogP contribution in [0.2, 0.25) is 0 Å². The zero-order chi connectivity index (χ0) is 24.5.